The maximum absolute atomic E-state index is 2.59. The van der Waals surface area contributed by atoms with Gasteiger partial charge in [-0.3, -0.25) is 0 Å². The lowest BCUT2D eigenvalue weighted by molar-refractivity contribution is 0.632. The molecular formula is C61H50N2. The summed E-state index contributed by atoms with van der Waals surface area (Å²) in [6, 6.07) is 72.9. The summed E-state index contributed by atoms with van der Waals surface area (Å²) in [5.41, 5.74) is 22.4. The Balaban J connectivity index is 1.11. The minimum Gasteiger partial charge on any atom is -0.308 e. The molecule has 0 N–H and O–H groups in total. The second kappa shape index (κ2) is 13.4. The molecule has 3 aliphatic rings. The normalized spacial score (nSPS) is 15.5. The van der Waals surface area contributed by atoms with E-state index in [9.17, 15) is 0 Å². The van der Waals surface area contributed by atoms with Crippen LogP contribution in [0.1, 0.15) is 74.9 Å². The molecule has 63 heavy (non-hydrogen) atoms. The van der Waals surface area contributed by atoms with Gasteiger partial charge in [-0.25, -0.2) is 0 Å². The SMILES string of the molecule is CC1(C)c2ccccc2-c2ccc(-c3ccc4c(c3)N(c3c(N(c5ccccc5)c5ccc6c(c5)C(C)(C)c5ccccc5-6)ccc5ccccc35)c3ccccc3C4(C)C)cc21. The highest BCUT2D eigenvalue weighted by Gasteiger charge is 2.41. The van der Waals surface area contributed by atoms with Crippen LogP contribution in [0.15, 0.2) is 194 Å². The topological polar surface area (TPSA) is 6.48 Å². The van der Waals surface area contributed by atoms with Gasteiger partial charge in [0.05, 0.1) is 22.7 Å². The fourth-order valence-electron chi connectivity index (χ4n) is 11.5. The Morgan fingerprint density at radius 1 is 0.349 bits per heavy atom. The van der Waals surface area contributed by atoms with Crippen LogP contribution in [-0.2, 0) is 16.2 Å². The van der Waals surface area contributed by atoms with Crippen molar-refractivity contribution >= 4 is 44.9 Å². The molecule has 0 unspecified atom stereocenters. The fraction of sp³-hybridized carbons (Fsp3) is 0.148. The minimum atomic E-state index is -0.243. The highest BCUT2D eigenvalue weighted by molar-refractivity contribution is 6.09. The molecule has 0 saturated carbocycles. The predicted octanol–water partition coefficient (Wildman–Crippen LogP) is 16.7. The summed E-state index contributed by atoms with van der Waals surface area (Å²) in [7, 11) is 0. The molecule has 0 saturated heterocycles. The summed E-state index contributed by atoms with van der Waals surface area (Å²) in [6.45, 7) is 14.3. The van der Waals surface area contributed by atoms with Gasteiger partial charge < -0.3 is 9.80 Å². The van der Waals surface area contributed by atoms with Crippen molar-refractivity contribution in [2.24, 2.45) is 0 Å². The molecule has 0 radical (unpaired) electrons. The first-order valence-corrected chi connectivity index (χ1v) is 22.4. The van der Waals surface area contributed by atoms with E-state index in [1.807, 2.05) is 0 Å². The van der Waals surface area contributed by atoms with Crippen LogP contribution in [0, 0.1) is 0 Å². The van der Waals surface area contributed by atoms with E-state index in [0.717, 1.165) is 22.7 Å². The number of hydrogen-bond acceptors (Lipinski definition) is 2. The first-order chi connectivity index (χ1) is 30.5. The Hall–Kier alpha value is -7.16. The van der Waals surface area contributed by atoms with Crippen molar-refractivity contribution in [3.8, 4) is 33.4 Å². The Bertz CT molecular complexity index is 3330. The van der Waals surface area contributed by atoms with Crippen molar-refractivity contribution in [1.82, 2.24) is 0 Å². The molecule has 0 fully saturated rings. The van der Waals surface area contributed by atoms with Gasteiger partial charge in [0, 0.05) is 33.0 Å². The van der Waals surface area contributed by atoms with Gasteiger partial charge in [-0.2, -0.15) is 0 Å². The Morgan fingerprint density at radius 2 is 0.873 bits per heavy atom. The van der Waals surface area contributed by atoms with Gasteiger partial charge in [-0.1, -0.05) is 187 Å². The minimum absolute atomic E-state index is 0.0859. The Labute approximate surface area is 371 Å². The predicted molar refractivity (Wildman–Crippen MR) is 266 cm³/mol. The van der Waals surface area contributed by atoms with Crippen molar-refractivity contribution < 1.29 is 0 Å². The van der Waals surface area contributed by atoms with Crippen LogP contribution >= 0.6 is 0 Å². The van der Waals surface area contributed by atoms with Crippen LogP contribution in [0.2, 0.25) is 0 Å². The monoisotopic (exact) mass is 810 g/mol. The Morgan fingerprint density at radius 3 is 1.60 bits per heavy atom. The maximum Gasteiger partial charge on any atom is 0.0781 e. The zero-order valence-electron chi connectivity index (χ0n) is 36.9. The summed E-state index contributed by atoms with van der Waals surface area (Å²) in [6.07, 6.45) is 0. The van der Waals surface area contributed by atoms with Gasteiger partial charge in [0.25, 0.3) is 0 Å². The molecule has 0 bridgehead atoms. The number of rotatable bonds is 5. The zero-order valence-corrected chi connectivity index (χ0v) is 36.9. The lowest BCUT2D eigenvalue weighted by atomic mass is 9.73. The lowest BCUT2D eigenvalue weighted by Gasteiger charge is -2.44. The number of para-hydroxylation sites is 2. The van der Waals surface area contributed by atoms with Crippen molar-refractivity contribution in [2.45, 2.75) is 57.8 Å². The van der Waals surface area contributed by atoms with Crippen molar-refractivity contribution in [3.63, 3.8) is 0 Å². The van der Waals surface area contributed by atoms with Gasteiger partial charge >= 0.3 is 0 Å². The number of fused-ring (bicyclic) bond motifs is 9. The molecule has 0 atom stereocenters. The molecule has 1 heterocycles. The van der Waals surface area contributed by atoms with E-state index in [-0.39, 0.29) is 16.2 Å². The second-order valence-electron chi connectivity index (χ2n) is 19.4. The summed E-state index contributed by atoms with van der Waals surface area (Å²) in [5.74, 6) is 0. The molecular weight excluding hydrogens is 761 g/mol. The highest BCUT2D eigenvalue weighted by atomic mass is 15.2. The molecule has 304 valence electrons. The standard InChI is InChI=1S/C61H50N2/c1-59(2)49-24-14-12-22-45(49)47-32-28-40(36-53(47)59)41-29-34-52-57(37-41)63(55-27-17-16-26-51(55)61(52,5)6)58-44-21-11-10-18-39(44)30-35-56(58)62(42-19-8-7-9-20-42)43-31-33-48-46-23-13-15-25-50(46)60(3,4)54(48)38-43/h7-38H,1-6H3. The first-order valence-electron chi connectivity index (χ1n) is 22.4. The van der Waals surface area contributed by atoms with E-state index < -0.39 is 0 Å². The lowest BCUT2D eigenvalue weighted by Crippen LogP contribution is -2.31. The van der Waals surface area contributed by atoms with Crippen LogP contribution < -0.4 is 9.80 Å². The van der Waals surface area contributed by atoms with Crippen molar-refractivity contribution in [2.75, 3.05) is 9.80 Å². The van der Waals surface area contributed by atoms with E-state index in [1.165, 1.54) is 88.9 Å². The number of nitrogens with zero attached hydrogens (tertiary/aromatic N) is 2. The first kappa shape index (κ1) is 37.6. The number of benzene rings is 9. The molecule has 0 spiro atoms. The largest absolute Gasteiger partial charge is 0.308 e. The van der Waals surface area contributed by atoms with Crippen molar-refractivity contribution in [3.05, 3.63) is 228 Å². The van der Waals surface area contributed by atoms with Crippen LogP contribution in [0.4, 0.5) is 34.1 Å². The summed E-state index contributed by atoms with van der Waals surface area (Å²) >= 11 is 0. The average Bonchev–Trinajstić information content (AvgIpc) is 3.68. The van der Waals surface area contributed by atoms with E-state index >= 15 is 0 Å². The highest BCUT2D eigenvalue weighted by Crippen LogP contribution is 2.58. The quantitative estimate of drug-likeness (QED) is 0.171. The molecule has 9 aromatic carbocycles. The molecule has 2 aliphatic carbocycles. The van der Waals surface area contributed by atoms with E-state index in [0.29, 0.717) is 0 Å². The molecule has 2 nitrogen and oxygen atoms in total. The van der Waals surface area contributed by atoms with Gasteiger partial charge in [-0.15, -0.1) is 0 Å². The third kappa shape index (κ3) is 5.37. The molecule has 0 amide bonds. The summed E-state index contributed by atoms with van der Waals surface area (Å²) in [4.78, 5) is 5.08. The van der Waals surface area contributed by atoms with E-state index in [2.05, 4.69) is 245 Å². The third-order valence-corrected chi connectivity index (χ3v) is 14.8. The fourth-order valence-corrected chi connectivity index (χ4v) is 11.5. The van der Waals surface area contributed by atoms with E-state index in [1.54, 1.807) is 0 Å². The molecule has 12 rings (SSSR count). The van der Waals surface area contributed by atoms with Crippen LogP contribution in [0.5, 0.6) is 0 Å². The Kier molecular flexibility index (Phi) is 8.01. The third-order valence-electron chi connectivity index (χ3n) is 14.8. The van der Waals surface area contributed by atoms with Crippen LogP contribution in [-0.4, -0.2) is 0 Å². The van der Waals surface area contributed by atoms with Crippen LogP contribution in [0.25, 0.3) is 44.2 Å². The smallest absolute Gasteiger partial charge is 0.0781 e. The van der Waals surface area contributed by atoms with Gasteiger partial charge in [-0.05, 0) is 121 Å². The molecule has 2 heteroatoms. The number of anilines is 6. The van der Waals surface area contributed by atoms with Crippen LogP contribution in [0.3, 0.4) is 0 Å². The molecule has 1 aliphatic heterocycles. The second-order valence-corrected chi connectivity index (χ2v) is 19.4. The average molecular weight is 811 g/mol. The maximum atomic E-state index is 2.59. The van der Waals surface area contributed by atoms with E-state index in [4.69, 9.17) is 0 Å². The van der Waals surface area contributed by atoms with Crippen molar-refractivity contribution in [1.29, 1.82) is 0 Å². The van der Waals surface area contributed by atoms with Gasteiger partial charge in [0.15, 0.2) is 0 Å². The molecule has 9 aromatic rings. The summed E-state index contributed by atoms with van der Waals surface area (Å²) < 4.78 is 0. The zero-order chi connectivity index (χ0) is 42.8. The van der Waals surface area contributed by atoms with Gasteiger partial charge in [0.1, 0.15) is 0 Å². The summed E-state index contributed by atoms with van der Waals surface area (Å²) in [5, 5.41) is 2.41. The number of hydrogen-bond donors (Lipinski definition) is 0. The molecule has 0 aromatic heterocycles. The van der Waals surface area contributed by atoms with Gasteiger partial charge in [0.2, 0.25) is 0 Å².